The van der Waals surface area contributed by atoms with E-state index in [9.17, 15) is 55.2 Å². The molecule has 2 amide bonds. The molecule has 0 aliphatic carbocycles. The van der Waals surface area contributed by atoms with Gasteiger partial charge in [0.2, 0.25) is 12.2 Å². The minimum atomic E-state index is -2.75. The maximum absolute atomic E-state index is 14.1. The summed E-state index contributed by atoms with van der Waals surface area (Å²) in [4.78, 5) is 43.3. The molecule has 3 aliphatic heterocycles. The summed E-state index contributed by atoms with van der Waals surface area (Å²) >= 11 is 6.48. The van der Waals surface area contributed by atoms with Gasteiger partial charge in [0, 0.05) is 72.2 Å². The molecule has 2 saturated heterocycles. The second kappa shape index (κ2) is 17.4. The molecule has 324 valence electrons. The topological polar surface area (TPSA) is 307 Å². The van der Waals surface area contributed by atoms with Crippen LogP contribution in [0.4, 0.5) is 11.4 Å². The van der Waals surface area contributed by atoms with Crippen molar-refractivity contribution in [3.63, 3.8) is 0 Å². The highest BCUT2D eigenvalue weighted by Gasteiger charge is 2.56. The number of nitrogens with two attached hydrogens (primary N) is 1. The number of benzene rings is 3. The molecule has 10 unspecified atom stereocenters. The number of fused-ring (bicyclic) bond motifs is 4. The average Bonchev–Trinajstić information content (AvgIpc) is 3.83. The van der Waals surface area contributed by atoms with E-state index in [1.54, 1.807) is 53.4 Å². The highest BCUT2D eigenvalue weighted by molar-refractivity contribution is 6.19. The van der Waals surface area contributed by atoms with Gasteiger partial charge in [0.15, 0.2) is 0 Å². The molecule has 12 N–H and O–H groups in total. The maximum atomic E-state index is 14.1. The number of rotatable bonds is 13. The molecule has 0 radical (unpaired) electrons. The van der Waals surface area contributed by atoms with Gasteiger partial charge >= 0.3 is 5.97 Å². The smallest absolute Gasteiger partial charge is 0.364 e. The van der Waals surface area contributed by atoms with Gasteiger partial charge in [0.1, 0.15) is 48.1 Å². The molecule has 0 spiro atoms. The predicted molar refractivity (Wildman–Crippen MR) is 212 cm³/mol. The Morgan fingerprint density at radius 2 is 1.78 bits per heavy atom. The zero-order valence-electron chi connectivity index (χ0n) is 32.1. The molecule has 0 saturated carbocycles. The fourth-order valence-corrected chi connectivity index (χ4v) is 8.44. The lowest BCUT2D eigenvalue weighted by Gasteiger charge is -2.47. The number of amides is 2. The van der Waals surface area contributed by atoms with Crippen molar-refractivity contribution in [2.45, 2.75) is 80.2 Å². The summed E-state index contributed by atoms with van der Waals surface area (Å²) in [6.45, 7) is -0.714. The minimum Gasteiger partial charge on any atom is -0.477 e. The van der Waals surface area contributed by atoms with Crippen molar-refractivity contribution in [3.8, 4) is 5.75 Å². The van der Waals surface area contributed by atoms with Crippen LogP contribution in [0.3, 0.4) is 0 Å². The van der Waals surface area contributed by atoms with Gasteiger partial charge in [0.05, 0.1) is 31.1 Å². The Bertz CT molecular complexity index is 2240. The zero-order valence-corrected chi connectivity index (χ0v) is 32.9. The van der Waals surface area contributed by atoms with Gasteiger partial charge in [0.25, 0.3) is 11.7 Å². The fourth-order valence-electron chi connectivity index (χ4n) is 8.19. The second-order valence-electron chi connectivity index (χ2n) is 15.3. The van der Waals surface area contributed by atoms with Crippen molar-refractivity contribution in [1.82, 2.24) is 10.3 Å². The number of nitrogens with zero attached hydrogens (tertiary/aromatic N) is 1. The number of aromatic nitrogens is 1. The number of hydrogen-bond donors (Lipinski definition) is 11. The van der Waals surface area contributed by atoms with Crippen molar-refractivity contribution in [2.75, 3.05) is 42.8 Å². The van der Waals surface area contributed by atoms with Crippen LogP contribution in [0.25, 0.3) is 21.7 Å². The van der Waals surface area contributed by atoms with Crippen LogP contribution < -0.4 is 20.7 Å². The van der Waals surface area contributed by atoms with Gasteiger partial charge in [-0.25, -0.2) is 4.79 Å². The number of hydrogen-bond acceptors (Lipinski definition) is 15. The second-order valence-corrected chi connectivity index (χ2v) is 15.7. The summed E-state index contributed by atoms with van der Waals surface area (Å²) in [5, 5.41) is 89.6. The monoisotopic (exact) mass is 858 g/mol. The minimum absolute atomic E-state index is 0.110. The third-order valence-corrected chi connectivity index (χ3v) is 11.8. The Hall–Kier alpha value is -4.64. The first-order valence-corrected chi connectivity index (χ1v) is 19.7. The Morgan fingerprint density at radius 1 is 1.05 bits per heavy atom. The molecule has 4 aromatic rings. The van der Waals surface area contributed by atoms with Gasteiger partial charge in [-0.1, -0.05) is 24.3 Å². The van der Waals surface area contributed by atoms with E-state index in [4.69, 9.17) is 36.3 Å². The van der Waals surface area contributed by atoms with Crippen molar-refractivity contribution in [1.29, 1.82) is 0 Å². The van der Waals surface area contributed by atoms with E-state index in [1.807, 2.05) is 6.07 Å². The van der Waals surface area contributed by atoms with Crippen LogP contribution >= 0.6 is 11.6 Å². The molecule has 4 heterocycles. The molecule has 19 nitrogen and oxygen atoms in total. The number of halogens is 1. The number of nitrogens with one attached hydrogen (secondary N) is 2. The number of aliphatic hydroxyl groups is 7. The summed E-state index contributed by atoms with van der Waals surface area (Å²) in [5.41, 5.74) is 8.72. The van der Waals surface area contributed by atoms with E-state index in [0.717, 1.165) is 10.9 Å². The lowest BCUT2D eigenvalue weighted by Crippen LogP contribution is -2.65. The molecule has 20 heteroatoms. The summed E-state index contributed by atoms with van der Waals surface area (Å²) < 4.78 is 23.6. The van der Waals surface area contributed by atoms with E-state index in [-0.39, 0.29) is 36.5 Å². The van der Waals surface area contributed by atoms with Crippen LogP contribution in [-0.2, 0) is 23.8 Å². The average molecular weight is 859 g/mol. The van der Waals surface area contributed by atoms with Crippen molar-refractivity contribution >= 4 is 62.4 Å². The maximum Gasteiger partial charge on any atom is 0.364 e. The number of carbonyl (C=O) groups is 3. The molecule has 2 fully saturated rings. The van der Waals surface area contributed by atoms with E-state index >= 15 is 0 Å². The number of alkyl halides is 1. The number of anilines is 2. The third kappa shape index (κ3) is 8.10. The molecule has 3 aromatic carbocycles. The normalized spacial score (nSPS) is 30.2. The number of aromatic amines is 1. The quantitative estimate of drug-likeness (QED) is 0.0596. The van der Waals surface area contributed by atoms with Crippen molar-refractivity contribution in [2.24, 2.45) is 5.92 Å². The third-order valence-electron chi connectivity index (χ3n) is 11.4. The van der Waals surface area contributed by atoms with Crippen LogP contribution in [0, 0.1) is 5.92 Å². The van der Waals surface area contributed by atoms with Gasteiger partial charge in [-0.2, -0.15) is 0 Å². The number of carboxylic acids is 1. The van der Waals surface area contributed by atoms with Gasteiger partial charge < -0.3 is 80.7 Å². The van der Waals surface area contributed by atoms with E-state index < -0.39 is 98.3 Å². The Labute approximate surface area is 346 Å². The Balaban J connectivity index is 1.16. The van der Waals surface area contributed by atoms with Crippen LogP contribution in [0.1, 0.15) is 35.3 Å². The first-order chi connectivity index (χ1) is 28.6. The first kappa shape index (κ1) is 43.4. The number of H-pyrrole nitrogens is 1. The summed E-state index contributed by atoms with van der Waals surface area (Å²) in [6, 6.07) is 15.6. The zero-order chi connectivity index (χ0) is 43.2. The van der Waals surface area contributed by atoms with Crippen LogP contribution in [-0.4, -0.2) is 157 Å². The van der Waals surface area contributed by atoms with Gasteiger partial charge in [-0.05, 0) is 35.2 Å². The number of carboxylic acid groups (broad SMARTS) is 1. The van der Waals surface area contributed by atoms with Crippen molar-refractivity contribution < 1.29 is 74.2 Å². The summed E-state index contributed by atoms with van der Waals surface area (Å²) in [5.74, 6) is -6.59. The van der Waals surface area contributed by atoms with Crippen molar-refractivity contribution in [3.05, 3.63) is 65.9 Å². The molecule has 3 aliphatic rings. The SMILES string of the molecule is CC(=O)NCC1C(O)C[C@@](OCC2OC(Oc3cc4c(c5ccccc35)C(CCl)CN4C(=O)c3cc4cc(N)ccc4[nH]3)C(O)C(O)C2O)(C(=O)O)OC1C(O)[C@H](O)CO. The van der Waals surface area contributed by atoms with E-state index in [1.165, 1.54) is 6.92 Å². The van der Waals surface area contributed by atoms with Crippen LogP contribution in [0.15, 0.2) is 54.6 Å². The standard InChI is InChI=1S/C40H47ClN4O15/c1-17(47)43-13-23-27(48)11-40(39(55)56,60-36(23)32(50)28(49)15-46)57-16-30-33(51)34(52)35(53)38(59-30)58-29-10-26-31(22-5-3-2-4-21(22)29)19(12-41)14-45(26)37(54)25-9-18-8-20(42)6-7-24(18)44-25/h2-10,19,23,27-28,30,32-36,38,44,46,48-53H,11-16,42H2,1H3,(H,43,47)(H,55,56)/t19?,23?,27?,28-,30?,32?,33?,34?,35?,36?,38?,40+/m1/s1. The molecular weight excluding hydrogens is 812 g/mol. The number of aliphatic carboxylic acids is 1. The largest absolute Gasteiger partial charge is 0.477 e. The molecular formula is C40H47ClN4O15. The molecule has 7 rings (SSSR count). The number of nitrogen functional groups attached to an aromatic ring is 1. The number of carbonyl (C=O) groups excluding carboxylic acids is 2. The van der Waals surface area contributed by atoms with Crippen LogP contribution in [0.2, 0.25) is 0 Å². The van der Waals surface area contributed by atoms with Gasteiger partial charge in [-0.3, -0.25) is 9.59 Å². The predicted octanol–water partition coefficient (Wildman–Crippen LogP) is -0.514. The lowest BCUT2D eigenvalue weighted by atomic mass is 9.83. The molecule has 0 bridgehead atoms. The first-order valence-electron chi connectivity index (χ1n) is 19.2. The summed E-state index contributed by atoms with van der Waals surface area (Å²) in [6.07, 6.45) is -16.9. The number of aliphatic hydroxyl groups excluding tert-OH is 7. The van der Waals surface area contributed by atoms with Crippen LogP contribution in [0.5, 0.6) is 5.75 Å². The number of ether oxygens (including phenoxy) is 4. The highest BCUT2D eigenvalue weighted by atomic mass is 35.5. The fraction of sp³-hybridized carbons (Fsp3) is 0.475. The molecule has 12 atom stereocenters. The van der Waals surface area contributed by atoms with Gasteiger partial charge in [-0.15, -0.1) is 11.6 Å². The van der Waals surface area contributed by atoms with E-state index in [2.05, 4.69) is 10.3 Å². The Kier molecular flexibility index (Phi) is 12.6. The molecule has 60 heavy (non-hydrogen) atoms. The Morgan fingerprint density at radius 3 is 2.47 bits per heavy atom. The van der Waals surface area contributed by atoms with E-state index in [0.29, 0.717) is 33.4 Å². The highest BCUT2D eigenvalue weighted by Crippen LogP contribution is 2.47. The summed E-state index contributed by atoms with van der Waals surface area (Å²) in [7, 11) is 0. The lowest BCUT2D eigenvalue weighted by molar-refractivity contribution is -0.337. The molecule has 1 aromatic heterocycles.